The highest BCUT2D eigenvalue weighted by Gasteiger charge is 2.21. The fourth-order valence-electron chi connectivity index (χ4n) is 7.48. The highest BCUT2D eigenvalue weighted by molar-refractivity contribution is 6.13. The van der Waals surface area contributed by atoms with Crippen LogP contribution < -0.4 is 4.90 Å². The van der Waals surface area contributed by atoms with Gasteiger partial charge in [0.1, 0.15) is 11.3 Å². The minimum Gasteiger partial charge on any atom is -0.454 e. The molecule has 2 aromatic heterocycles. The zero-order valence-corrected chi connectivity index (χ0v) is 27.1. The molecule has 234 valence electrons. The van der Waals surface area contributed by atoms with Gasteiger partial charge in [0.15, 0.2) is 5.58 Å². The van der Waals surface area contributed by atoms with Crippen molar-refractivity contribution in [3.63, 3.8) is 0 Å². The second-order valence-corrected chi connectivity index (χ2v) is 12.8. The third-order valence-corrected chi connectivity index (χ3v) is 9.92. The average Bonchev–Trinajstić information content (AvgIpc) is 3.55. The number of hydrogen-bond donors (Lipinski definition) is 0. The molecular weight excluding hydrogens is 609 g/mol. The SMILES string of the molecule is c1ccc2cc3c(cc2c1)oc1c(N(c2ccc(-c4cccc5ccccc45)cc2)c2ccc(-c4cccc5ccccc45)cc2)cncc13. The van der Waals surface area contributed by atoms with Gasteiger partial charge in [0, 0.05) is 28.3 Å². The maximum Gasteiger partial charge on any atom is 0.162 e. The first-order valence-corrected chi connectivity index (χ1v) is 16.9. The van der Waals surface area contributed by atoms with Gasteiger partial charge in [-0.15, -0.1) is 0 Å². The molecule has 3 nitrogen and oxygen atoms in total. The van der Waals surface area contributed by atoms with Gasteiger partial charge >= 0.3 is 0 Å². The fourth-order valence-corrected chi connectivity index (χ4v) is 7.48. The summed E-state index contributed by atoms with van der Waals surface area (Å²) in [6.45, 7) is 0. The lowest BCUT2D eigenvalue weighted by molar-refractivity contribution is 0.669. The normalized spacial score (nSPS) is 11.6. The van der Waals surface area contributed by atoms with E-state index in [1.165, 1.54) is 49.2 Å². The minimum atomic E-state index is 0.807. The van der Waals surface area contributed by atoms with Crippen LogP contribution in [-0.2, 0) is 0 Å². The van der Waals surface area contributed by atoms with Gasteiger partial charge < -0.3 is 9.32 Å². The predicted octanol–water partition coefficient (Wildman–Crippen LogP) is 13.2. The zero-order valence-electron chi connectivity index (χ0n) is 27.1. The Balaban J connectivity index is 1.14. The molecule has 0 unspecified atom stereocenters. The summed E-state index contributed by atoms with van der Waals surface area (Å²) in [6.07, 6.45) is 3.84. The van der Waals surface area contributed by atoms with Crippen LogP contribution in [0.25, 0.3) is 76.5 Å². The molecule has 10 aromatic rings. The molecule has 0 amide bonds. The summed E-state index contributed by atoms with van der Waals surface area (Å²) in [5, 5.41) is 9.34. The van der Waals surface area contributed by atoms with Crippen LogP contribution in [0.3, 0.4) is 0 Å². The van der Waals surface area contributed by atoms with E-state index in [9.17, 15) is 0 Å². The predicted molar refractivity (Wildman–Crippen MR) is 210 cm³/mol. The lowest BCUT2D eigenvalue weighted by Crippen LogP contribution is -2.10. The molecule has 3 heteroatoms. The molecule has 0 spiro atoms. The number of hydrogen-bond acceptors (Lipinski definition) is 3. The van der Waals surface area contributed by atoms with Crippen LogP contribution in [0.2, 0.25) is 0 Å². The van der Waals surface area contributed by atoms with E-state index in [0.29, 0.717) is 0 Å². The fraction of sp³-hybridized carbons (Fsp3) is 0. The van der Waals surface area contributed by atoms with E-state index in [1.807, 2.05) is 12.4 Å². The summed E-state index contributed by atoms with van der Waals surface area (Å²) in [7, 11) is 0. The van der Waals surface area contributed by atoms with Crippen molar-refractivity contribution in [3.8, 4) is 22.3 Å². The Labute approximate surface area is 289 Å². The number of pyridine rings is 1. The van der Waals surface area contributed by atoms with Gasteiger partial charge in [-0.3, -0.25) is 4.98 Å². The molecular formula is C47H30N2O. The number of benzene rings is 8. The summed E-state index contributed by atoms with van der Waals surface area (Å²) >= 11 is 0. The number of aromatic nitrogens is 1. The molecule has 0 N–H and O–H groups in total. The van der Waals surface area contributed by atoms with Gasteiger partial charge in [0.2, 0.25) is 0 Å². The Morgan fingerprint density at radius 3 is 1.48 bits per heavy atom. The number of furan rings is 1. The van der Waals surface area contributed by atoms with Crippen molar-refractivity contribution < 1.29 is 4.42 Å². The number of nitrogens with zero attached hydrogens (tertiary/aromatic N) is 2. The first kappa shape index (κ1) is 28.3. The van der Waals surface area contributed by atoms with Crippen LogP contribution in [0.1, 0.15) is 0 Å². The van der Waals surface area contributed by atoms with Crippen molar-refractivity contribution in [2.45, 2.75) is 0 Å². The Hall–Kier alpha value is -6.71. The largest absolute Gasteiger partial charge is 0.454 e. The summed E-state index contributed by atoms with van der Waals surface area (Å²) in [5.41, 5.74) is 9.36. The Bertz CT molecular complexity index is 2730. The zero-order chi connectivity index (χ0) is 33.0. The molecule has 0 saturated carbocycles. The highest BCUT2D eigenvalue weighted by Crippen LogP contribution is 2.43. The molecule has 2 heterocycles. The molecule has 0 aliphatic rings. The van der Waals surface area contributed by atoms with Gasteiger partial charge in [0.05, 0.1) is 6.20 Å². The molecule has 10 rings (SSSR count). The van der Waals surface area contributed by atoms with E-state index in [0.717, 1.165) is 44.4 Å². The van der Waals surface area contributed by atoms with Crippen molar-refractivity contribution in [2.75, 3.05) is 4.90 Å². The first-order valence-electron chi connectivity index (χ1n) is 16.9. The molecule has 0 radical (unpaired) electrons. The van der Waals surface area contributed by atoms with Gasteiger partial charge in [-0.05, 0) is 91.0 Å². The summed E-state index contributed by atoms with van der Waals surface area (Å²) in [6, 6.07) is 60.5. The quantitative estimate of drug-likeness (QED) is 0.188. The lowest BCUT2D eigenvalue weighted by Gasteiger charge is -2.25. The average molecular weight is 639 g/mol. The second-order valence-electron chi connectivity index (χ2n) is 12.8. The van der Waals surface area contributed by atoms with Crippen molar-refractivity contribution >= 4 is 71.3 Å². The van der Waals surface area contributed by atoms with Crippen LogP contribution in [0, 0.1) is 0 Å². The van der Waals surface area contributed by atoms with E-state index in [-0.39, 0.29) is 0 Å². The smallest absolute Gasteiger partial charge is 0.162 e. The molecule has 50 heavy (non-hydrogen) atoms. The summed E-state index contributed by atoms with van der Waals surface area (Å²) in [4.78, 5) is 7.05. The monoisotopic (exact) mass is 638 g/mol. The lowest BCUT2D eigenvalue weighted by atomic mass is 9.97. The summed E-state index contributed by atoms with van der Waals surface area (Å²) < 4.78 is 6.72. The van der Waals surface area contributed by atoms with Gasteiger partial charge in [0.25, 0.3) is 0 Å². The Morgan fingerprint density at radius 2 is 0.900 bits per heavy atom. The summed E-state index contributed by atoms with van der Waals surface area (Å²) in [5.74, 6) is 0. The Morgan fingerprint density at radius 1 is 0.400 bits per heavy atom. The van der Waals surface area contributed by atoms with Crippen LogP contribution in [0.15, 0.2) is 187 Å². The molecule has 0 saturated heterocycles. The molecule has 0 aliphatic heterocycles. The number of anilines is 3. The topological polar surface area (TPSA) is 29.3 Å². The second kappa shape index (κ2) is 11.5. The third kappa shape index (κ3) is 4.63. The van der Waals surface area contributed by atoms with Gasteiger partial charge in [-0.1, -0.05) is 133 Å². The number of rotatable bonds is 5. The van der Waals surface area contributed by atoms with E-state index in [1.54, 1.807) is 0 Å². The molecule has 0 bridgehead atoms. The van der Waals surface area contributed by atoms with Crippen LogP contribution >= 0.6 is 0 Å². The van der Waals surface area contributed by atoms with Crippen molar-refractivity contribution in [2.24, 2.45) is 0 Å². The standard InChI is InChI=1S/C47H30N2O/c1-2-12-36-28-46-43(27-35(36)11-1)44-29-48-30-45(47(44)50-46)49(37-23-19-33(20-24-37)41-17-7-13-31-9-3-5-15-39(31)41)38-25-21-34(22-26-38)42-18-8-14-32-10-4-6-16-40(32)42/h1-30H. The minimum absolute atomic E-state index is 0.807. The highest BCUT2D eigenvalue weighted by atomic mass is 16.3. The number of fused-ring (bicyclic) bond motifs is 6. The van der Waals surface area contributed by atoms with E-state index < -0.39 is 0 Å². The third-order valence-electron chi connectivity index (χ3n) is 9.92. The van der Waals surface area contributed by atoms with Crippen molar-refractivity contribution in [1.82, 2.24) is 4.98 Å². The van der Waals surface area contributed by atoms with Gasteiger partial charge in [-0.2, -0.15) is 0 Å². The van der Waals surface area contributed by atoms with Crippen molar-refractivity contribution in [3.05, 3.63) is 182 Å². The first-order chi connectivity index (χ1) is 24.8. The van der Waals surface area contributed by atoms with E-state index in [2.05, 4.69) is 175 Å². The van der Waals surface area contributed by atoms with Crippen LogP contribution in [0.4, 0.5) is 17.1 Å². The maximum absolute atomic E-state index is 6.72. The van der Waals surface area contributed by atoms with Gasteiger partial charge in [-0.25, -0.2) is 0 Å². The van der Waals surface area contributed by atoms with Crippen molar-refractivity contribution in [1.29, 1.82) is 0 Å². The molecule has 0 atom stereocenters. The molecule has 0 aliphatic carbocycles. The molecule has 8 aromatic carbocycles. The molecule has 0 fully saturated rings. The van der Waals surface area contributed by atoms with E-state index in [4.69, 9.17) is 9.40 Å². The Kier molecular flexibility index (Phi) is 6.49. The van der Waals surface area contributed by atoms with Crippen LogP contribution in [0.5, 0.6) is 0 Å². The van der Waals surface area contributed by atoms with Crippen LogP contribution in [-0.4, -0.2) is 4.98 Å². The van der Waals surface area contributed by atoms with E-state index >= 15 is 0 Å². The maximum atomic E-state index is 6.72.